The first-order chi connectivity index (χ1) is 9.31. The van der Waals surface area contributed by atoms with Gasteiger partial charge in [0.05, 0.1) is 6.54 Å². The van der Waals surface area contributed by atoms with E-state index >= 15 is 0 Å². The molecule has 1 aromatic carbocycles. The van der Waals surface area contributed by atoms with Crippen molar-refractivity contribution in [3.05, 3.63) is 34.9 Å². The molecule has 1 atom stereocenters. The number of aliphatic imine (C=N–C) groups is 1. The van der Waals surface area contributed by atoms with Crippen LogP contribution in [0.15, 0.2) is 29.3 Å². The van der Waals surface area contributed by atoms with Crippen molar-refractivity contribution < 1.29 is 4.74 Å². The van der Waals surface area contributed by atoms with Crippen LogP contribution >= 0.6 is 11.6 Å². The molecule has 19 heavy (non-hydrogen) atoms. The molecule has 1 N–H and O–H groups in total. The van der Waals surface area contributed by atoms with Crippen LogP contribution in [0.1, 0.15) is 18.4 Å². The third-order valence-corrected chi connectivity index (χ3v) is 4.01. The summed E-state index contributed by atoms with van der Waals surface area (Å²) in [6.07, 6.45) is 3.35. The molecular formula is C15H19ClN2O. The van der Waals surface area contributed by atoms with E-state index in [0.29, 0.717) is 5.92 Å². The van der Waals surface area contributed by atoms with Gasteiger partial charge >= 0.3 is 0 Å². The number of nitrogens with zero attached hydrogens (tertiary/aromatic N) is 1. The van der Waals surface area contributed by atoms with Gasteiger partial charge in [-0.15, -0.1) is 0 Å². The molecule has 0 amide bonds. The summed E-state index contributed by atoms with van der Waals surface area (Å²) >= 11 is 6.00. The molecule has 102 valence electrons. The molecular weight excluding hydrogens is 260 g/mol. The Morgan fingerprint density at radius 1 is 1.32 bits per heavy atom. The number of hydrogen-bond donors (Lipinski definition) is 1. The van der Waals surface area contributed by atoms with Crippen LogP contribution in [0.25, 0.3) is 0 Å². The lowest BCUT2D eigenvalue weighted by Gasteiger charge is -2.23. The van der Waals surface area contributed by atoms with E-state index in [9.17, 15) is 0 Å². The van der Waals surface area contributed by atoms with E-state index in [1.54, 1.807) is 0 Å². The predicted octanol–water partition coefficient (Wildman–Crippen LogP) is 2.68. The van der Waals surface area contributed by atoms with Gasteiger partial charge in [-0.05, 0) is 43.6 Å². The number of piperidine rings is 1. The Balaban J connectivity index is 1.55. The summed E-state index contributed by atoms with van der Waals surface area (Å²) in [4.78, 5) is 4.59. The van der Waals surface area contributed by atoms with Crippen LogP contribution in [0.3, 0.4) is 0 Å². The van der Waals surface area contributed by atoms with Crippen molar-refractivity contribution >= 4 is 17.5 Å². The maximum atomic E-state index is 6.02. The van der Waals surface area contributed by atoms with Gasteiger partial charge in [-0.25, -0.2) is 0 Å². The summed E-state index contributed by atoms with van der Waals surface area (Å²) < 4.78 is 6.02. The van der Waals surface area contributed by atoms with E-state index in [2.05, 4.69) is 16.4 Å². The van der Waals surface area contributed by atoms with Gasteiger partial charge in [-0.1, -0.05) is 23.7 Å². The third-order valence-electron chi connectivity index (χ3n) is 3.78. The first kappa shape index (κ1) is 12.9. The van der Waals surface area contributed by atoms with Gasteiger partial charge in [-0.3, -0.25) is 4.99 Å². The second-order valence-electron chi connectivity index (χ2n) is 5.28. The third kappa shape index (κ3) is 3.28. The van der Waals surface area contributed by atoms with Crippen molar-refractivity contribution in [3.8, 4) is 0 Å². The Hall–Kier alpha value is -1.06. The van der Waals surface area contributed by atoms with Crippen LogP contribution in [0.4, 0.5) is 0 Å². The highest BCUT2D eigenvalue weighted by Crippen LogP contribution is 2.22. The molecule has 2 aliphatic heterocycles. The Morgan fingerprint density at radius 3 is 2.95 bits per heavy atom. The first-order valence-corrected chi connectivity index (χ1v) is 7.35. The van der Waals surface area contributed by atoms with Crippen LogP contribution in [-0.4, -0.2) is 31.6 Å². The Labute approximate surface area is 119 Å². The molecule has 0 spiro atoms. The minimum Gasteiger partial charge on any atom is -0.475 e. The second-order valence-corrected chi connectivity index (χ2v) is 5.71. The number of nitrogens with one attached hydrogen (secondary N) is 1. The normalized spacial score (nSPS) is 24.1. The molecule has 3 rings (SSSR count). The molecule has 4 heteroatoms. The number of rotatable bonds is 3. The molecule has 1 fully saturated rings. The zero-order chi connectivity index (χ0) is 13.1. The maximum Gasteiger partial charge on any atom is 0.187 e. The van der Waals surface area contributed by atoms with Gasteiger partial charge in [0.1, 0.15) is 6.10 Å². The topological polar surface area (TPSA) is 33.6 Å². The van der Waals surface area contributed by atoms with Crippen LogP contribution < -0.4 is 5.32 Å². The molecule has 0 aliphatic carbocycles. The highest BCUT2D eigenvalue weighted by Gasteiger charge is 2.27. The van der Waals surface area contributed by atoms with Gasteiger partial charge in [0, 0.05) is 17.4 Å². The van der Waals surface area contributed by atoms with Crippen molar-refractivity contribution in [2.24, 2.45) is 10.9 Å². The van der Waals surface area contributed by atoms with E-state index < -0.39 is 0 Å². The van der Waals surface area contributed by atoms with Crippen LogP contribution in [0.2, 0.25) is 5.02 Å². The largest absolute Gasteiger partial charge is 0.475 e. The quantitative estimate of drug-likeness (QED) is 0.922. The summed E-state index contributed by atoms with van der Waals surface area (Å²) in [6, 6.07) is 7.99. The van der Waals surface area contributed by atoms with E-state index in [-0.39, 0.29) is 6.10 Å². The molecule has 0 radical (unpaired) electrons. The van der Waals surface area contributed by atoms with E-state index in [4.69, 9.17) is 16.3 Å². The van der Waals surface area contributed by atoms with Gasteiger partial charge in [0.15, 0.2) is 5.90 Å². The molecule has 3 nitrogen and oxygen atoms in total. The average Bonchev–Trinajstić information content (AvgIpc) is 2.88. The summed E-state index contributed by atoms with van der Waals surface area (Å²) in [6.45, 7) is 2.93. The fourth-order valence-electron chi connectivity index (χ4n) is 2.76. The molecule has 2 heterocycles. The number of benzene rings is 1. The van der Waals surface area contributed by atoms with Crippen molar-refractivity contribution in [1.29, 1.82) is 0 Å². The highest BCUT2D eigenvalue weighted by molar-refractivity contribution is 6.30. The summed E-state index contributed by atoms with van der Waals surface area (Å²) in [5, 5.41) is 4.16. The molecule has 2 aliphatic rings. The van der Waals surface area contributed by atoms with Gasteiger partial charge in [0.25, 0.3) is 0 Å². The van der Waals surface area contributed by atoms with Crippen LogP contribution in [-0.2, 0) is 11.2 Å². The lowest BCUT2D eigenvalue weighted by atomic mass is 9.98. The minimum absolute atomic E-state index is 0.184. The summed E-state index contributed by atoms with van der Waals surface area (Å²) in [5.74, 6) is 1.50. The number of halogens is 1. The van der Waals surface area contributed by atoms with E-state index in [1.165, 1.54) is 5.56 Å². The van der Waals surface area contributed by atoms with Crippen molar-refractivity contribution in [2.45, 2.75) is 25.4 Å². The highest BCUT2D eigenvalue weighted by atomic mass is 35.5. The van der Waals surface area contributed by atoms with Gasteiger partial charge in [-0.2, -0.15) is 0 Å². The number of ether oxygens (including phenoxy) is 1. The predicted molar refractivity (Wildman–Crippen MR) is 77.9 cm³/mol. The SMILES string of the molecule is Clc1cccc(CC2CN=C(C3CCNCC3)O2)c1. The lowest BCUT2D eigenvalue weighted by molar-refractivity contribution is 0.204. The fourth-order valence-corrected chi connectivity index (χ4v) is 2.98. The zero-order valence-corrected chi connectivity index (χ0v) is 11.7. The monoisotopic (exact) mass is 278 g/mol. The van der Waals surface area contributed by atoms with Gasteiger partial charge in [0.2, 0.25) is 0 Å². The molecule has 1 aromatic rings. The second kappa shape index (κ2) is 5.93. The maximum absolute atomic E-state index is 6.02. The first-order valence-electron chi connectivity index (χ1n) is 6.97. The Morgan fingerprint density at radius 2 is 2.16 bits per heavy atom. The van der Waals surface area contributed by atoms with Gasteiger partial charge < -0.3 is 10.1 Å². The average molecular weight is 279 g/mol. The van der Waals surface area contributed by atoms with Crippen molar-refractivity contribution in [3.63, 3.8) is 0 Å². The standard InChI is InChI=1S/C15H19ClN2O/c16-13-3-1-2-11(8-13)9-14-10-18-15(19-14)12-4-6-17-7-5-12/h1-3,8,12,14,17H,4-7,9-10H2. The Kier molecular flexibility index (Phi) is 4.04. The van der Waals surface area contributed by atoms with Crippen LogP contribution in [0.5, 0.6) is 0 Å². The van der Waals surface area contributed by atoms with Crippen LogP contribution in [0, 0.1) is 5.92 Å². The molecule has 1 unspecified atom stereocenters. The Bertz CT molecular complexity index is 469. The summed E-state index contributed by atoms with van der Waals surface area (Å²) in [7, 11) is 0. The van der Waals surface area contributed by atoms with E-state index in [0.717, 1.165) is 49.8 Å². The smallest absolute Gasteiger partial charge is 0.187 e. The minimum atomic E-state index is 0.184. The van der Waals surface area contributed by atoms with Crippen molar-refractivity contribution in [2.75, 3.05) is 19.6 Å². The molecule has 0 saturated carbocycles. The molecule has 1 saturated heterocycles. The molecule has 0 aromatic heterocycles. The van der Waals surface area contributed by atoms with E-state index in [1.807, 2.05) is 18.2 Å². The fraction of sp³-hybridized carbons (Fsp3) is 0.533. The molecule has 0 bridgehead atoms. The summed E-state index contributed by atoms with van der Waals surface area (Å²) in [5.41, 5.74) is 1.22. The zero-order valence-electron chi connectivity index (χ0n) is 10.9. The number of hydrogen-bond acceptors (Lipinski definition) is 3. The van der Waals surface area contributed by atoms with Crippen molar-refractivity contribution in [1.82, 2.24) is 5.32 Å². The lowest BCUT2D eigenvalue weighted by Crippen LogP contribution is -2.32.